The summed E-state index contributed by atoms with van der Waals surface area (Å²) in [6.45, 7) is 8.98. The van der Waals surface area contributed by atoms with Crippen LogP contribution in [0.2, 0.25) is 0 Å². The summed E-state index contributed by atoms with van der Waals surface area (Å²) in [4.78, 5) is 16.1. The number of fused-ring (bicyclic) bond motifs is 1. The van der Waals surface area contributed by atoms with Crippen molar-refractivity contribution in [3.63, 3.8) is 0 Å². The molecule has 0 bridgehead atoms. The van der Waals surface area contributed by atoms with E-state index in [0.29, 0.717) is 18.7 Å². The van der Waals surface area contributed by atoms with Crippen molar-refractivity contribution in [1.29, 1.82) is 0 Å². The van der Waals surface area contributed by atoms with Gasteiger partial charge in [-0.1, -0.05) is 30.4 Å². The molecular weight excluding hydrogens is 382 g/mol. The van der Waals surface area contributed by atoms with Gasteiger partial charge < -0.3 is 4.90 Å². The van der Waals surface area contributed by atoms with Crippen LogP contribution in [-0.4, -0.2) is 44.1 Å². The van der Waals surface area contributed by atoms with Gasteiger partial charge in [0.15, 0.2) is 0 Å². The summed E-state index contributed by atoms with van der Waals surface area (Å²) in [5.41, 5.74) is 3.27. The Bertz CT molecular complexity index is 1150. The van der Waals surface area contributed by atoms with Gasteiger partial charge in [0.05, 0.1) is 5.69 Å². The molecule has 4 rings (SSSR count). The molecule has 6 nitrogen and oxygen atoms in total. The number of likely N-dealkylation sites (N-methyl/N-ethyl adjacent to an activating group) is 1. The van der Waals surface area contributed by atoms with Gasteiger partial charge in [0.2, 0.25) is 0 Å². The van der Waals surface area contributed by atoms with Gasteiger partial charge in [-0.25, -0.2) is 4.68 Å². The fourth-order valence-electron chi connectivity index (χ4n) is 3.25. The second-order valence-electron chi connectivity index (χ2n) is 6.95. The van der Waals surface area contributed by atoms with E-state index in [4.69, 9.17) is 0 Å². The minimum atomic E-state index is -0.0345. The first-order valence-corrected chi connectivity index (χ1v) is 10.2. The van der Waals surface area contributed by atoms with Gasteiger partial charge in [-0.05, 0) is 65.6 Å². The minimum Gasteiger partial charge on any atom is -0.335 e. The predicted octanol–water partition coefficient (Wildman–Crippen LogP) is 4.58. The zero-order chi connectivity index (χ0) is 20.4. The van der Waals surface area contributed by atoms with Crippen molar-refractivity contribution in [1.82, 2.24) is 25.1 Å². The summed E-state index contributed by atoms with van der Waals surface area (Å²) in [6, 6.07) is 16.2. The number of hydrogen-bond acceptors (Lipinski definition) is 5. The lowest BCUT2D eigenvalue weighted by Crippen LogP contribution is -2.32. The maximum absolute atomic E-state index is 13.2. The Kier molecular flexibility index (Phi) is 5.22. The quantitative estimate of drug-likeness (QED) is 0.442. The number of amides is 1. The van der Waals surface area contributed by atoms with E-state index in [0.717, 1.165) is 21.7 Å². The molecule has 0 saturated carbocycles. The SMILES string of the molecule is C=C(C)CN(CC)C(=O)c1cc(-c2cc3ccccc3s2)cc(-n2cnnn2)c1. The Labute approximate surface area is 173 Å². The topological polar surface area (TPSA) is 63.9 Å². The van der Waals surface area contributed by atoms with Gasteiger partial charge >= 0.3 is 0 Å². The molecule has 7 heteroatoms. The third kappa shape index (κ3) is 3.95. The number of nitrogens with zero attached hydrogens (tertiary/aromatic N) is 5. The molecule has 4 aromatic rings. The molecule has 0 spiro atoms. The largest absolute Gasteiger partial charge is 0.335 e. The molecule has 0 saturated heterocycles. The van der Waals surface area contributed by atoms with Crippen LogP contribution in [0.15, 0.2) is 67.0 Å². The van der Waals surface area contributed by atoms with E-state index in [9.17, 15) is 4.79 Å². The number of carbonyl (C=O) groups is 1. The fourth-order valence-corrected chi connectivity index (χ4v) is 4.30. The summed E-state index contributed by atoms with van der Waals surface area (Å²) in [5.74, 6) is -0.0345. The number of hydrogen-bond donors (Lipinski definition) is 0. The average Bonchev–Trinajstić information content (AvgIpc) is 3.40. The molecule has 0 atom stereocenters. The molecule has 2 aromatic heterocycles. The third-order valence-corrected chi connectivity index (χ3v) is 5.78. The van der Waals surface area contributed by atoms with Crippen LogP contribution in [0.25, 0.3) is 26.2 Å². The molecule has 0 fully saturated rings. The molecule has 1 amide bonds. The van der Waals surface area contributed by atoms with Crippen LogP contribution in [0.4, 0.5) is 0 Å². The smallest absolute Gasteiger partial charge is 0.254 e. The molecule has 146 valence electrons. The molecule has 0 aliphatic carbocycles. The molecule has 2 aromatic carbocycles. The summed E-state index contributed by atoms with van der Waals surface area (Å²) < 4.78 is 2.78. The lowest BCUT2D eigenvalue weighted by molar-refractivity contribution is 0.0778. The van der Waals surface area contributed by atoms with Gasteiger partial charge in [0, 0.05) is 28.2 Å². The van der Waals surface area contributed by atoms with Crippen LogP contribution in [0.1, 0.15) is 24.2 Å². The van der Waals surface area contributed by atoms with E-state index in [2.05, 4.69) is 40.3 Å². The summed E-state index contributed by atoms with van der Waals surface area (Å²) >= 11 is 1.70. The first-order chi connectivity index (χ1) is 14.0. The van der Waals surface area contributed by atoms with E-state index in [1.807, 2.05) is 44.2 Å². The number of rotatable bonds is 6. The van der Waals surface area contributed by atoms with Gasteiger partial charge in [-0.15, -0.1) is 16.4 Å². The Morgan fingerprint density at radius 1 is 1.21 bits per heavy atom. The number of tetrazole rings is 1. The van der Waals surface area contributed by atoms with E-state index in [-0.39, 0.29) is 5.91 Å². The van der Waals surface area contributed by atoms with Gasteiger partial charge in [-0.3, -0.25) is 4.79 Å². The van der Waals surface area contributed by atoms with Crippen molar-refractivity contribution in [2.45, 2.75) is 13.8 Å². The van der Waals surface area contributed by atoms with Gasteiger partial charge in [-0.2, -0.15) is 0 Å². The first kappa shape index (κ1) is 19.0. The van der Waals surface area contributed by atoms with Crippen LogP contribution in [-0.2, 0) is 0 Å². The van der Waals surface area contributed by atoms with Gasteiger partial charge in [0.25, 0.3) is 5.91 Å². The highest BCUT2D eigenvalue weighted by Gasteiger charge is 2.18. The number of aromatic nitrogens is 4. The minimum absolute atomic E-state index is 0.0345. The van der Waals surface area contributed by atoms with Crippen LogP contribution in [0, 0.1) is 0 Å². The molecular formula is C22H21N5OS. The number of thiophene rings is 1. The molecule has 0 aliphatic rings. The van der Waals surface area contributed by atoms with Crippen LogP contribution in [0.5, 0.6) is 0 Å². The van der Waals surface area contributed by atoms with Crippen molar-refractivity contribution < 1.29 is 4.79 Å². The zero-order valence-corrected chi connectivity index (χ0v) is 17.2. The van der Waals surface area contributed by atoms with Gasteiger partial charge in [0.1, 0.15) is 6.33 Å². The summed E-state index contributed by atoms with van der Waals surface area (Å²) in [5, 5.41) is 12.6. The second kappa shape index (κ2) is 7.97. The predicted molar refractivity (Wildman–Crippen MR) is 116 cm³/mol. The Hall–Kier alpha value is -3.32. The van der Waals surface area contributed by atoms with E-state index >= 15 is 0 Å². The van der Waals surface area contributed by atoms with Crippen molar-refractivity contribution in [2.24, 2.45) is 0 Å². The highest BCUT2D eigenvalue weighted by atomic mass is 32.1. The molecule has 0 N–H and O–H groups in total. The van der Waals surface area contributed by atoms with Crippen LogP contribution < -0.4 is 0 Å². The Balaban J connectivity index is 1.83. The van der Waals surface area contributed by atoms with E-state index < -0.39 is 0 Å². The zero-order valence-electron chi connectivity index (χ0n) is 16.4. The highest BCUT2D eigenvalue weighted by Crippen LogP contribution is 2.35. The highest BCUT2D eigenvalue weighted by molar-refractivity contribution is 7.22. The number of benzene rings is 2. The maximum atomic E-state index is 13.2. The Morgan fingerprint density at radius 2 is 2.03 bits per heavy atom. The molecule has 0 radical (unpaired) electrons. The molecule has 0 aliphatic heterocycles. The van der Waals surface area contributed by atoms with E-state index in [1.54, 1.807) is 20.9 Å². The fraction of sp³-hybridized carbons (Fsp3) is 0.182. The van der Waals surface area contributed by atoms with E-state index in [1.165, 1.54) is 16.4 Å². The normalized spacial score (nSPS) is 11.0. The van der Waals surface area contributed by atoms with Crippen molar-refractivity contribution in [3.8, 4) is 16.1 Å². The standard InChI is InChI=1S/C22H21N5OS/c1-4-26(13-15(2)3)22(28)18-9-17(10-19(11-18)27-14-23-24-25-27)21-12-16-7-5-6-8-20(16)29-21/h5-12,14H,2,4,13H2,1,3H3. The van der Waals surface area contributed by atoms with Crippen molar-refractivity contribution in [2.75, 3.05) is 13.1 Å². The third-order valence-electron chi connectivity index (χ3n) is 4.62. The monoisotopic (exact) mass is 403 g/mol. The first-order valence-electron chi connectivity index (χ1n) is 9.36. The van der Waals surface area contributed by atoms with Crippen molar-refractivity contribution in [3.05, 3.63) is 72.6 Å². The molecule has 29 heavy (non-hydrogen) atoms. The second-order valence-corrected chi connectivity index (χ2v) is 8.03. The van der Waals surface area contributed by atoms with Crippen molar-refractivity contribution >= 4 is 27.3 Å². The lowest BCUT2D eigenvalue weighted by Gasteiger charge is -2.21. The average molecular weight is 404 g/mol. The molecule has 2 heterocycles. The number of carbonyl (C=O) groups excluding carboxylic acids is 1. The van der Waals surface area contributed by atoms with Crippen LogP contribution >= 0.6 is 11.3 Å². The molecule has 0 unspecified atom stereocenters. The van der Waals surface area contributed by atoms with Crippen LogP contribution in [0.3, 0.4) is 0 Å². The lowest BCUT2D eigenvalue weighted by atomic mass is 10.1. The summed E-state index contributed by atoms with van der Waals surface area (Å²) in [7, 11) is 0. The Morgan fingerprint density at radius 3 is 2.72 bits per heavy atom. The summed E-state index contributed by atoms with van der Waals surface area (Å²) in [6.07, 6.45) is 1.53. The maximum Gasteiger partial charge on any atom is 0.254 e.